The van der Waals surface area contributed by atoms with Crippen molar-refractivity contribution in [3.05, 3.63) is 11.4 Å². The number of nitrogens with one attached hydrogen (secondary N) is 1. The number of nitrogens with zero attached hydrogens (tertiary/aromatic N) is 2. The Morgan fingerprint density at radius 2 is 2.05 bits per heavy atom. The van der Waals surface area contributed by atoms with Gasteiger partial charge in [0.2, 0.25) is 10.0 Å². The second kappa shape index (κ2) is 5.46. The molecule has 1 aromatic heterocycles. The first-order valence-electron chi connectivity index (χ1n) is 7.09. The maximum absolute atomic E-state index is 12.5. The standard InChI is InChI=1S/C13H24N4O2S/c1-4-13(5-6-13)9-15-20(18,19)12-10(2)16-17(8-7-14)11(12)3/h15H,4-9,14H2,1-3H3. The molecule has 0 spiro atoms. The van der Waals surface area contributed by atoms with E-state index in [0.29, 0.717) is 35.9 Å². The van der Waals surface area contributed by atoms with Crippen LogP contribution in [0.15, 0.2) is 4.90 Å². The van der Waals surface area contributed by atoms with Crippen LogP contribution >= 0.6 is 0 Å². The lowest BCUT2D eigenvalue weighted by molar-refractivity contribution is 0.475. The zero-order chi connectivity index (χ0) is 15.0. The Kier molecular flexibility index (Phi) is 4.22. The molecular formula is C13H24N4O2S. The summed E-state index contributed by atoms with van der Waals surface area (Å²) in [5, 5.41) is 4.26. The summed E-state index contributed by atoms with van der Waals surface area (Å²) in [4.78, 5) is 0.304. The van der Waals surface area contributed by atoms with Gasteiger partial charge in [0, 0.05) is 13.1 Å². The van der Waals surface area contributed by atoms with Gasteiger partial charge in [-0.3, -0.25) is 4.68 Å². The summed E-state index contributed by atoms with van der Waals surface area (Å²) < 4.78 is 29.4. The molecule has 3 N–H and O–H groups in total. The van der Waals surface area contributed by atoms with E-state index >= 15 is 0 Å². The van der Waals surface area contributed by atoms with Gasteiger partial charge in [0.05, 0.1) is 17.9 Å². The molecule has 1 saturated carbocycles. The molecule has 0 atom stereocenters. The third-order valence-corrected chi connectivity index (χ3v) is 5.92. The highest BCUT2D eigenvalue weighted by atomic mass is 32.2. The Morgan fingerprint density at radius 1 is 1.40 bits per heavy atom. The van der Waals surface area contributed by atoms with Gasteiger partial charge in [-0.25, -0.2) is 13.1 Å². The van der Waals surface area contributed by atoms with Gasteiger partial charge < -0.3 is 5.73 Å². The Bertz CT molecular complexity index is 588. The largest absolute Gasteiger partial charge is 0.329 e. The van der Waals surface area contributed by atoms with E-state index in [1.165, 1.54) is 0 Å². The van der Waals surface area contributed by atoms with Crippen molar-refractivity contribution in [2.45, 2.75) is 51.5 Å². The molecule has 1 fully saturated rings. The molecule has 7 heteroatoms. The lowest BCUT2D eigenvalue weighted by Gasteiger charge is -2.14. The summed E-state index contributed by atoms with van der Waals surface area (Å²) in [6.45, 7) is 7.09. The Hall–Kier alpha value is -0.920. The van der Waals surface area contributed by atoms with Gasteiger partial charge in [0.25, 0.3) is 0 Å². The smallest absolute Gasteiger partial charge is 0.244 e. The van der Waals surface area contributed by atoms with Gasteiger partial charge in [-0.15, -0.1) is 0 Å². The number of sulfonamides is 1. The van der Waals surface area contributed by atoms with Crippen LogP contribution in [0, 0.1) is 19.3 Å². The summed E-state index contributed by atoms with van der Waals surface area (Å²) in [6.07, 6.45) is 3.23. The first-order chi connectivity index (χ1) is 9.35. The fourth-order valence-electron chi connectivity index (χ4n) is 2.56. The predicted octanol–water partition coefficient (Wildman–Crippen LogP) is 0.927. The van der Waals surface area contributed by atoms with Gasteiger partial charge >= 0.3 is 0 Å². The van der Waals surface area contributed by atoms with Crippen molar-refractivity contribution in [3.63, 3.8) is 0 Å². The van der Waals surface area contributed by atoms with Crippen molar-refractivity contribution in [1.29, 1.82) is 0 Å². The van der Waals surface area contributed by atoms with Crippen LogP contribution in [-0.2, 0) is 16.6 Å². The maximum Gasteiger partial charge on any atom is 0.244 e. The first-order valence-corrected chi connectivity index (χ1v) is 8.57. The number of aromatic nitrogens is 2. The quantitative estimate of drug-likeness (QED) is 0.783. The number of hydrogen-bond acceptors (Lipinski definition) is 4. The number of nitrogens with two attached hydrogens (primary N) is 1. The van der Waals surface area contributed by atoms with E-state index in [0.717, 1.165) is 19.3 Å². The minimum Gasteiger partial charge on any atom is -0.329 e. The van der Waals surface area contributed by atoms with Crippen LogP contribution < -0.4 is 10.5 Å². The van der Waals surface area contributed by atoms with Crippen molar-refractivity contribution >= 4 is 10.0 Å². The highest BCUT2D eigenvalue weighted by Crippen LogP contribution is 2.48. The van der Waals surface area contributed by atoms with E-state index in [4.69, 9.17) is 5.73 Å². The molecule has 0 amide bonds. The molecule has 0 aromatic carbocycles. The second-order valence-electron chi connectivity index (χ2n) is 5.69. The number of hydrogen-bond donors (Lipinski definition) is 2. The second-order valence-corrected chi connectivity index (χ2v) is 7.39. The summed E-state index contributed by atoms with van der Waals surface area (Å²) in [6, 6.07) is 0. The van der Waals surface area contributed by atoms with Crippen LogP contribution in [0.2, 0.25) is 0 Å². The van der Waals surface area contributed by atoms with E-state index in [2.05, 4.69) is 16.7 Å². The van der Waals surface area contributed by atoms with Crippen molar-refractivity contribution in [3.8, 4) is 0 Å². The number of aryl methyl sites for hydroxylation is 1. The summed E-state index contributed by atoms with van der Waals surface area (Å²) in [5.74, 6) is 0. The SMILES string of the molecule is CCC1(CNS(=O)(=O)c2c(C)nn(CCN)c2C)CC1. The van der Waals surface area contributed by atoms with Gasteiger partial charge in [-0.1, -0.05) is 6.92 Å². The minimum absolute atomic E-state index is 0.183. The van der Waals surface area contributed by atoms with Gasteiger partial charge in [0.15, 0.2) is 0 Å². The number of rotatable bonds is 7. The van der Waals surface area contributed by atoms with Crippen LogP contribution in [0.25, 0.3) is 0 Å². The fourth-order valence-corrected chi connectivity index (χ4v) is 4.13. The highest BCUT2D eigenvalue weighted by molar-refractivity contribution is 7.89. The molecule has 6 nitrogen and oxygen atoms in total. The fraction of sp³-hybridized carbons (Fsp3) is 0.769. The Morgan fingerprint density at radius 3 is 2.55 bits per heavy atom. The zero-order valence-electron chi connectivity index (χ0n) is 12.4. The highest BCUT2D eigenvalue weighted by Gasteiger charge is 2.41. The third kappa shape index (κ3) is 2.89. The molecule has 1 aliphatic carbocycles. The topological polar surface area (TPSA) is 90.0 Å². The lowest BCUT2D eigenvalue weighted by Crippen LogP contribution is -2.30. The van der Waals surface area contributed by atoms with E-state index < -0.39 is 10.0 Å². The molecule has 0 aliphatic heterocycles. The molecule has 0 unspecified atom stereocenters. The average Bonchev–Trinajstić information content (AvgIpc) is 3.11. The van der Waals surface area contributed by atoms with Gasteiger partial charge in [0.1, 0.15) is 4.90 Å². The van der Waals surface area contributed by atoms with Crippen molar-refractivity contribution in [1.82, 2.24) is 14.5 Å². The van der Waals surface area contributed by atoms with Gasteiger partial charge in [-0.05, 0) is 38.5 Å². The molecule has 114 valence electrons. The monoisotopic (exact) mass is 300 g/mol. The van der Waals surface area contributed by atoms with Crippen molar-refractivity contribution in [2.24, 2.45) is 11.1 Å². The summed E-state index contributed by atoms with van der Waals surface area (Å²) in [5.41, 5.74) is 6.88. The zero-order valence-corrected chi connectivity index (χ0v) is 13.3. The Labute approximate surface area is 120 Å². The molecule has 1 aliphatic rings. The summed E-state index contributed by atoms with van der Waals surface area (Å²) in [7, 11) is -3.50. The molecule has 0 saturated heterocycles. The normalized spacial score (nSPS) is 17.4. The van der Waals surface area contributed by atoms with Gasteiger partial charge in [-0.2, -0.15) is 5.10 Å². The molecule has 2 rings (SSSR count). The van der Waals surface area contributed by atoms with Crippen LogP contribution in [0.4, 0.5) is 0 Å². The molecule has 0 bridgehead atoms. The molecule has 1 heterocycles. The Balaban J connectivity index is 2.21. The van der Waals surface area contributed by atoms with Crippen LogP contribution in [0.1, 0.15) is 37.6 Å². The predicted molar refractivity (Wildman–Crippen MR) is 77.9 cm³/mol. The van der Waals surface area contributed by atoms with E-state index in [1.807, 2.05) is 0 Å². The molecule has 0 radical (unpaired) electrons. The molecule has 1 aromatic rings. The maximum atomic E-state index is 12.5. The molecular weight excluding hydrogens is 276 g/mol. The summed E-state index contributed by atoms with van der Waals surface area (Å²) >= 11 is 0. The van der Waals surface area contributed by atoms with E-state index in [1.54, 1.807) is 18.5 Å². The van der Waals surface area contributed by atoms with Crippen molar-refractivity contribution in [2.75, 3.05) is 13.1 Å². The third-order valence-electron chi connectivity index (χ3n) is 4.27. The van der Waals surface area contributed by atoms with Crippen LogP contribution in [0.3, 0.4) is 0 Å². The minimum atomic E-state index is -3.50. The van der Waals surface area contributed by atoms with Crippen LogP contribution in [0.5, 0.6) is 0 Å². The average molecular weight is 300 g/mol. The lowest BCUT2D eigenvalue weighted by atomic mass is 10.1. The molecule has 20 heavy (non-hydrogen) atoms. The first kappa shape index (κ1) is 15.5. The van der Waals surface area contributed by atoms with Crippen LogP contribution in [-0.4, -0.2) is 31.3 Å². The van der Waals surface area contributed by atoms with Crippen molar-refractivity contribution < 1.29 is 8.42 Å². The van der Waals surface area contributed by atoms with E-state index in [9.17, 15) is 8.42 Å². The van der Waals surface area contributed by atoms with E-state index in [-0.39, 0.29) is 5.41 Å².